The second-order valence-corrected chi connectivity index (χ2v) is 7.05. The van der Waals surface area contributed by atoms with Crippen LogP contribution in [-0.4, -0.2) is 53.8 Å². The summed E-state index contributed by atoms with van der Waals surface area (Å²) in [6.07, 6.45) is 1.69. The van der Waals surface area contributed by atoms with Crippen LogP contribution in [0.2, 0.25) is 0 Å². The van der Waals surface area contributed by atoms with Crippen LogP contribution in [0.3, 0.4) is 0 Å². The van der Waals surface area contributed by atoms with Crippen LogP contribution in [0, 0.1) is 0 Å². The maximum atomic E-state index is 13.2. The Morgan fingerprint density at radius 3 is 2.67 bits per heavy atom. The van der Waals surface area contributed by atoms with Gasteiger partial charge in [-0.15, -0.1) is 0 Å². The molecule has 2 heterocycles. The van der Waals surface area contributed by atoms with Gasteiger partial charge in [0.15, 0.2) is 0 Å². The lowest BCUT2D eigenvalue weighted by molar-refractivity contribution is 0.0990. The van der Waals surface area contributed by atoms with Crippen molar-refractivity contribution in [1.82, 2.24) is 20.0 Å². The molecule has 1 amide bonds. The molecule has 4 rings (SSSR count). The molecule has 2 aromatic carbocycles. The zero-order chi connectivity index (χ0) is 18.8. The summed E-state index contributed by atoms with van der Waals surface area (Å²) in [6, 6.07) is 14.3. The minimum atomic E-state index is -0.0245. The molecule has 0 aliphatic carbocycles. The molecule has 1 N–H and O–H groups in total. The second kappa shape index (κ2) is 7.50. The Morgan fingerprint density at radius 2 is 1.89 bits per heavy atom. The van der Waals surface area contributed by atoms with Gasteiger partial charge < -0.3 is 10.2 Å². The van der Waals surface area contributed by atoms with Crippen molar-refractivity contribution in [3.63, 3.8) is 0 Å². The minimum absolute atomic E-state index is 0.0245. The minimum Gasteiger partial charge on any atom is -0.314 e. The molecule has 0 atom stereocenters. The Morgan fingerprint density at radius 1 is 1.15 bits per heavy atom. The molecule has 140 valence electrons. The fourth-order valence-corrected chi connectivity index (χ4v) is 3.59. The summed E-state index contributed by atoms with van der Waals surface area (Å²) in [7, 11) is 3.73. The number of carbonyl (C=O) groups is 1. The molecular formula is C21H25N5O. The number of benzene rings is 2. The van der Waals surface area contributed by atoms with E-state index in [1.54, 1.807) is 11.1 Å². The smallest absolute Gasteiger partial charge is 0.261 e. The van der Waals surface area contributed by atoms with Gasteiger partial charge in [0.1, 0.15) is 0 Å². The van der Waals surface area contributed by atoms with Crippen LogP contribution >= 0.6 is 0 Å². The molecule has 1 aliphatic heterocycles. The number of carbonyl (C=O) groups excluding carboxylic acids is 1. The third-order valence-electron chi connectivity index (χ3n) is 5.30. The summed E-state index contributed by atoms with van der Waals surface area (Å²) < 4.78 is 1.82. The zero-order valence-corrected chi connectivity index (χ0v) is 15.9. The molecule has 0 bridgehead atoms. The van der Waals surface area contributed by atoms with Gasteiger partial charge in [-0.2, -0.15) is 5.10 Å². The van der Waals surface area contributed by atoms with Crippen molar-refractivity contribution in [1.29, 1.82) is 0 Å². The largest absolute Gasteiger partial charge is 0.314 e. The van der Waals surface area contributed by atoms with Crippen molar-refractivity contribution in [2.45, 2.75) is 6.54 Å². The van der Waals surface area contributed by atoms with E-state index in [4.69, 9.17) is 0 Å². The van der Waals surface area contributed by atoms with Gasteiger partial charge in [-0.3, -0.25) is 14.4 Å². The summed E-state index contributed by atoms with van der Waals surface area (Å²) >= 11 is 0. The lowest BCUT2D eigenvalue weighted by Gasteiger charge is -2.27. The van der Waals surface area contributed by atoms with Gasteiger partial charge >= 0.3 is 0 Å². The highest BCUT2D eigenvalue weighted by Crippen LogP contribution is 2.23. The molecule has 27 heavy (non-hydrogen) atoms. The van der Waals surface area contributed by atoms with Gasteiger partial charge in [-0.1, -0.05) is 30.3 Å². The molecule has 0 spiro atoms. The van der Waals surface area contributed by atoms with E-state index in [0.717, 1.165) is 49.5 Å². The van der Waals surface area contributed by atoms with Gasteiger partial charge in [-0.05, 0) is 22.9 Å². The highest BCUT2D eigenvalue weighted by atomic mass is 16.2. The normalized spacial score (nSPS) is 15.2. The fourth-order valence-electron chi connectivity index (χ4n) is 3.59. The van der Waals surface area contributed by atoms with E-state index in [2.05, 4.69) is 39.6 Å². The molecule has 0 unspecified atom stereocenters. The van der Waals surface area contributed by atoms with E-state index in [9.17, 15) is 4.79 Å². The first-order chi connectivity index (χ1) is 13.1. The van der Waals surface area contributed by atoms with Crippen molar-refractivity contribution in [3.05, 3.63) is 59.9 Å². The topological polar surface area (TPSA) is 53.4 Å². The SMILES string of the molecule is CN(C(=O)c1cnn(C)c1CN1CCNCC1)c1ccc2ccccc2c1. The first-order valence-electron chi connectivity index (χ1n) is 9.34. The van der Waals surface area contributed by atoms with Crippen LogP contribution in [0.15, 0.2) is 48.7 Å². The number of piperazine rings is 1. The van der Waals surface area contributed by atoms with E-state index in [1.165, 1.54) is 5.39 Å². The second-order valence-electron chi connectivity index (χ2n) is 7.05. The van der Waals surface area contributed by atoms with E-state index in [0.29, 0.717) is 5.56 Å². The Bertz CT molecular complexity index is 958. The summed E-state index contributed by atoms with van der Waals surface area (Å²) in [5, 5.41) is 10.0. The number of nitrogens with zero attached hydrogens (tertiary/aromatic N) is 4. The lowest BCUT2D eigenvalue weighted by atomic mass is 10.1. The quantitative estimate of drug-likeness (QED) is 0.773. The van der Waals surface area contributed by atoms with Crippen LogP contribution in [0.5, 0.6) is 0 Å². The summed E-state index contributed by atoms with van der Waals surface area (Å²) in [5.74, 6) is -0.0245. The number of rotatable bonds is 4. The first kappa shape index (κ1) is 17.7. The van der Waals surface area contributed by atoms with Crippen molar-refractivity contribution >= 4 is 22.4 Å². The number of nitrogens with one attached hydrogen (secondary N) is 1. The van der Waals surface area contributed by atoms with Gasteiger partial charge in [0.05, 0.1) is 17.5 Å². The number of aromatic nitrogens is 2. The molecule has 1 fully saturated rings. The standard InChI is InChI=1S/C21H25N5O/c1-24(18-8-7-16-5-3-4-6-17(16)13-18)21(27)19-14-23-25(2)20(19)15-26-11-9-22-10-12-26/h3-8,13-14,22H,9-12,15H2,1-2H3. The van der Waals surface area contributed by atoms with E-state index >= 15 is 0 Å². The Kier molecular flexibility index (Phi) is 4.92. The number of aryl methyl sites for hydroxylation is 1. The average molecular weight is 363 g/mol. The van der Waals surface area contributed by atoms with Crippen molar-refractivity contribution in [3.8, 4) is 0 Å². The first-order valence-corrected chi connectivity index (χ1v) is 9.34. The number of hydrogen-bond acceptors (Lipinski definition) is 4. The summed E-state index contributed by atoms with van der Waals surface area (Å²) in [6.45, 7) is 4.68. The Balaban J connectivity index is 1.59. The maximum Gasteiger partial charge on any atom is 0.261 e. The third kappa shape index (κ3) is 3.59. The van der Waals surface area contributed by atoms with Gasteiger partial charge in [-0.25, -0.2) is 0 Å². The van der Waals surface area contributed by atoms with E-state index < -0.39 is 0 Å². The molecule has 1 aromatic heterocycles. The molecule has 1 saturated heterocycles. The molecule has 6 heteroatoms. The van der Waals surface area contributed by atoms with Crippen LogP contribution in [0.1, 0.15) is 16.1 Å². The van der Waals surface area contributed by atoms with Crippen molar-refractivity contribution in [2.24, 2.45) is 7.05 Å². The molecule has 0 radical (unpaired) electrons. The van der Waals surface area contributed by atoms with Crippen LogP contribution in [0.4, 0.5) is 5.69 Å². The highest BCUT2D eigenvalue weighted by Gasteiger charge is 2.23. The number of amides is 1. The van der Waals surface area contributed by atoms with Crippen molar-refractivity contribution < 1.29 is 4.79 Å². The molecule has 0 saturated carbocycles. The molecule has 1 aliphatic rings. The van der Waals surface area contributed by atoms with E-state index in [1.807, 2.05) is 37.0 Å². The number of hydrogen-bond donors (Lipinski definition) is 1. The summed E-state index contributed by atoms with van der Waals surface area (Å²) in [4.78, 5) is 17.3. The fraction of sp³-hybridized carbons (Fsp3) is 0.333. The van der Waals surface area contributed by atoms with Gasteiger partial charge in [0, 0.05) is 52.5 Å². The van der Waals surface area contributed by atoms with Crippen molar-refractivity contribution in [2.75, 3.05) is 38.1 Å². The monoisotopic (exact) mass is 363 g/mol. The van der Waals surface area contributed by atoms with E-state index in [-0.39, 0.29) is 5.91 Å². The van der Waals surface area contributed by atoms with Gasteiger partial charge in [0.2, 0.25) is 0 Å². The number of anilines is 1. The molecule has 6 nitrogen and oxygen atoms in total. The number of fused-ring (bicyclic) bond motifs is 1. The zero-order valence-electron chi connectivity index (χ0n) is 15.9. The van der Waals surface area contributed by atoms with Crippen LogP contribution < -0.4 is 10.2 Å². The Labute approximate surface area is 159 Å². The van der Waals surface area contributed by atoms with Gasteiger partial charge in [0.25, 0.3) is 5.91 Å². The molecular weight excluding hydrogens is 338 g/mol. The maximum absolute atomic E-state index is 13.2. The third-order valence-corrected chi connectivity index (χ3v) is 5.30. The van der Waals surface area contributed by atoms with Crippen LogP contribution in [-0.2, 0) is 13.6 Å². The molecule has 3 aromatic rings. The predicted octanol–water partition coefficient (Wildman–Crippen LogP) is 2.26. The predicted molar refractivity (Wildman–Crippen MR) is 108 cm³/mol. The highest BCUT2D eigenvalue weighted by molar-refractivity contribution is 6.07. The Hall–Kier alpha value is -2.70. The lowest BCUT2D eigenvalue weighted by Crippen LogP contribution is -2.43. The summed E-state index contributed by atoms with van der Waals surface area (Å²) in [5.41, 5.74) is 2.52. The van der Waals surface area contributed by atoms with Crippen LogP contribution in [0.25, 0.3) is 10.8 Å². The average Bonchev–Trinajstić information content (AvgIpc) is 3.07.